The lowest BCUT2D eigenvalue weighted by atomic mass is 10.1. The van der Waals surface area contributed by atoms with E-state index in [2.05, 4.69) is 11.2 Å². The molecule has 0 fully saturated rings. The predicted molar refractivity (Wildman–Crippen MR) is 75.4 cm³/mol. The molecule has 1 N–H and O–H groups in total. The highest BCUT2D eigenvalue weighted by atomic mass is 16.5. The minimum atomic E-state index is -0.759. The van der Waals surface area contributed by atoms with Gasteiger partial charge in [-0.05, 0) is 36.2 Å². The van der Waals surface area contributed by atoms with Crippen LogP contribution < -0.4 is 5.56 Å². The zero-order chi connectivity index (χ0) is 14.5. The Morgan fingerprint density at radius 3 is 2.90 bits per heavy atom. The molecule has 105 valence electrons. The Morgan fingerprint density at radius 2 is 2.25 bits per heavy atom. The fourth-order valence-corrected chi connectivity index (χ4v) is 1.92. The third-order valence-corrected chi connectivity index (χ3v) is 2.93. The molecule has 5 heteroatoms. The first kappa shape index (κ1) is 14.4. The Labute approximate surface area is 117 Å². The standard InChI is InChI=1S/C15H17N2O3/c1-11-3-5-12(6-4-11)14-7-8-16-17(15(14)19)9-13(18)10-20-2/h3,5-8,13,18H,9-10H2,1-2H3/t13-/m1/s1. The van der Waals surface area contributed by atoms with Crippen LogP contribution in [0.2, 0.25) is 0 Å². The number of benzene rings is 1. The van der Waals surface area contributed by atoms with Crippen LogP contribution >= 0.6 is 0 Å². The van der Waals surface area contributed by atoms with E-state index < -0.39 is 6.10 Å². The monoisotopic (exact) mass is 273 g/mol. The molecule has 2 aromatic rings. The molecule has 0 unspecified atom stereocenters. The van der Waals surface area contributed by atoms with Gasteiger partial charge in [-0.2, -0.15) is 5.10 Å². The summed E-state index contributed by atoms with van der Waals surface area (Å²) in [5.41, 5.74) is 2.11. The summed E-state index contributed by atoms with van der Waals surface area (Å²) in [6.07, 6.45) is 0.792. The summed E-state index contributed by atoms with van der Waals surface area (Å²) in [4.78, 5) is 12.3. The van der Waals surface area contributed by atoms with E-state index in [1.807, 2.05) is 19.1 Å². The minimum absolute atomic E-state index is 0.107. The van der Waals surface area contributed by atoms with E-state index in [1.165, 1.54) is 11.8 Å². The molecule has 0 saturated heterocycles. The maximum Gasteiger partial charge on any atom is 0.274 e. The first-order chi connectivity index (χ1) is 9.61. The SMILES string of the molecule is COC[C@H](O)Cn1nccc(-c2c[c]c(C)cc2)c1=O. The fraction of sp³-hybridized carbons (Fsp3) is 0.333. The summed E-state index contributed by atoms with van der Waals surface area (Å²) >= 11 is 0. The van der Waals surface area contributed by atoms with Gasteiger partial charge >= 0.3 is 0 Å². The smallest absolute Gasteiger partial charge is 0.274 e. The zero-order valence-corrected chi connectivity index (χ0v) is 11.5. The van der Waals surface area contributed by atoms with Crippen LogP contribution in [0.25, 0.3) is 11.1 Å². The molecular formula is C15H17N2O3. The summed E-state index contributed by atoms with van der Waals surface area (Å²) < 4.78 is 6.09. The van der Waals surface area contributed by atoms with Crippen molar-refractivity contribution in [3.63, 3.8) is 0 Å². The van der Waals surface area contributed by atoms with Gasteiger partial charge in [0, 0.05) is 13.3 Å². The lowest BCUT2D eigenvalue weighted by molar-refractivity contribution is 0.0504. The average molecular weight is 273 g/mol. The molecule has 0 spiro atoms. The number of methoxy groups -OCH3 is 1. The molecule has 1 aromatic heterocycles. The van der Waals surface area contributed by atoms with Crippen LogP contribution in [-0.4, -0.2) is 34.7 Å². The van der Waals surface area contributed by atoms with Gasteiger partial charge in [0.25, 0.3) is 5.56 Å². The van der Waals surface area contributed by atoms with Gasteiger partial charge in [-0.1, -0.05) is 12.1 Å². The molecule has 0 aliphatic heterocycles. The maximum absolute atomic E-state index is 12.3. The van der Waals surface area contributed by atoms with Crippen molar-refractivity contribution in [3.05, 3.63) is 52.4 Å². The van der Waals surface area contributed by atoms with E-state index in [4.69, 9.17) is 4.74 Å². The first-order valence-corrected chi connectivity index (χ1v) is 6.33. The van der Waals surface area contributed by atoms with Crippen LogP contribution in [0.4, 0.5) is 0 Å². The quantitative estimate of drug-likeness (QED) is 0.883. The lowest BCUT2D eigenvalue weighted by Gasteiger charge is -2.11. The van der Waals surface area contributed by atoms with Gasteiger partial charge < -0.3 is 9.84 Å². The molecule has 5 nitrogen and oxygen atoms in total. The number of hydrogen-bond donors (Lipinski definition) is 1. The highest BCUT2D eigenvalue weighted by Gasteiger charge is 2.10. The normalized spacial score (nSPS) is 12.3. The molecule has 0 saturated carbocycles. The Hall–Kier alpha value is -1.98. The van der Waals surface area contributed by atoms with Crippen molar-refractivity contribution >= 4 is 0 Å². The van der Waals surface area contributed by atoms with Crippen LogP contribution in [0.1, 0.15) is 5.56 Å². The van der Waals surface area contributed by atoms with Crippen molar-refractivity contribution in [2.24, 2.45) is 0 Å². The van der Waals surface area contributed by atoms with Crippen LogP contribution in [0, 0.1) is 13.0 Å². The minimum Gasteiger partial charge on any atom is -0.389 e. The molecule has 0 amide bonds. The summed E-state index contributed by atoms with van der Waals surface area (Å²) in [5, 5.41) is 13.7. The van der Waals surface area contributed by atoms with Crippen LogP contribution in [0.15, 0.2) is 35.3 Å². The predicted octanol–water partition coefficient (Wildman–Crippen LogP) is 1.03. The summed E-state index contributed by atoms with van der Waals surface area (Å²) in [6, 6.07) is 10.3. The molecule has 1 aromatic carbocycles. The highest BCUT2D eigenvalue weighted by Crippen LogP contribution is 2.14. The Balaban J connectivity index is 2.32. The van der Waals surface area contributed by atoms with Crippen molar-refractivity contribution in [2.75, 3.05) is 13.7 Å². The molecule has 0 aliphatic carbocycles. The van der Waals surface area contributed by atoms with E-state index >= 15 is 0 Å². The molecular weight excluding hydrogens is 256 g/mol. The van der Waals surface area contributed by atoms with Gasteiger partial charge in [-0.15, -0.1) is 0 Å². The maximum atomic E-state index is 12.3. The molecule has 2 rings (SSSR count). The van der Waals surface area contributed by atoms with E-state index in [1.54, 1.807) is 18.3 Å². The van der Waals surface area contributed by atoms with Crippen molar-refractivity contribution < 1.29 is 9.84 Å². The number of ether oxygens (including phenoxy) is 1. The third kappa shape index (κ3) is 3.31. The van der Waals surface area contributed by atoms with E-state index in [-0.39, 0.29) is 18.7 Å². The fourth-order valence-electron chi connectivity index (χ4n) is 1.92. The number of nitrogens with zero attached hydrogens (tertiary/aromatic N) is 2. The number of aliphatic hydroxyl groups excluding tert-OH is 1. The van der Waals surface area contributed by atoms with Gasteiger partial charge in [0.1, 0.15) is 0 Å². The van der Waals surface area contributed by atoms with Crippen molar-refractivity contribution in [1.29, 1.82) is 0 Å². The van der Waals surface area contributed by atoms with Crippen molar-refractivity contribution in [3.8, 4) is 11.1 Å². The molecule has 0 aliphatic rings. The molecule has 1 heterocycles. The van der Waals surface area contributed by atoms with Crippen LogP contribution in [0.5, 0.6) is 0 Å². The van der Waals surface area contributed by atoms with Crippen molar-refractivity contribution in [2.45, 2.75) is 19.6 Å². The second kappa shape index (κ2) is 6.45. The first-order valence-electron chi connectivity index (χ1n) is 6.33. The topological polar surface area (TPSA) is 64.3 Å². The highest BCUT2D eigenvalue weighted by molar-refractivity contribution is 5.61. The Kier molecular flexibility index (Phi) is 4.65. The van der Waals surface area contributed by atoms with Gasteiger partial charge in [0.05, 0.1) is 24.8 Å². The number of aliphatic hydroxyl groups is 1. The number of aromatic nitrogens is 2. The van der Waals surface area contributed by atoms with Crippen molar-refractivity contribution in [1.82, 2.24) is 9.78 Å². The second-order valence-corrected chi connectivity index (χ2v) is 4.60. The van der Waals surface area contributed by atoms with Gasteiger partial charge in [0.2, 0.25) is 0 Å². The van der Waals surface area contributed by atoms with E-state index in [0.717, 1.165) is 11.1 Å². The van der Waals surface area contributed by atoms with E-state index in [0.29, 0.717) is 5.56 Å². The Bertz CT molecular complexity index is 620. The average Bonchev–Trinajstić information content (AvgIpc) is 2.43. The van der Waals surface area contributed by atoms with Gasteiger partial charge in [-0.3, -0.25) is 4.79 Å². The molecule has 1 atom stereocenters. The summed E-state index contributed by atoms with van der Waals surface area (Å²) in [6.45, 7) is 2.21. The molecule has 1 radical (unpaired) electrons. The third-order valence-electron chi connectivity index (χ3n) is 2.93. The van der Waals surface area contributed by atoms with Gasteiger partial charge in [0.15, 0.2) is 0 Å². The van der Waals surface area contributed by atoms with Gasteiger partial charge in [-0.25, -0.2) is 4.68 Å². The van der Waals surface area contributed by atoms with Crippen LogP contribution in [-0.2, 0) is 11.3 Å². The number of aryl methyl sites for hydroxylation is 1. The zero-order valence-electron chi connectivity index (χ0n) is 11.5. The second-order valence-electron chi connectivity index (χ2n) is 4.60. The Morgan fingerprint density at radius 1 is 1.45 bits per heavy atom. The van der Waals surface area contributed by atoms with E-state index in [9.17, 15) is 9.90 Å². The molecule has 20 heavy (non-hydrogen) atoms. The van der Waals surface area contributed by atoms with Crippen LogP contribution in [0.3, 0.4) is 0 Å². The summed E-state index contributed by atoms with van der Waals surface area (Å²) in [7, 11) is 1.50. The lowest BCUT2D eigenvalue weighted by Crippen LogP contribution is -2.31. The molecule has 0 bridgehead atoms. The summed E-state index contributed by atoms with van der Waals surface area (Å²) in [5.74, 6) is 0. The number of rotatable bonds is 5. The largest absolute Gasteiger partial charge is 0.389 e. The number of hydrogen-bond acceptors (Lipinski definition) is 4.